The van der Waals surface area contributed by atoms with Crippen LogP contribution in [0.5, 0.6) is 0 Å². The van der Waals surface area contributed by atoms with Gasteiger partial charge in [-0.15, -0.1) is 10.2 Å². The van der Waals surface area contributed by atoms with Crippen LogP contribution in [0.3, 0.4) is 0 Å². The van der Waals surface area contributed by atoms with E-state index in [-0.39, 0.29) is 36.4 Å². The molecule has 1 saturated carbocycles. The van der Waals surface area contributed by atoms with Crippen LogP contribution >= 0.6 is 15.9 Å². The highest BCUT2D eigenvalue weighted by atomic mass is 79.9. The van der Waals surface area contributed by atoms with Crippen molar-refractivity contribution in [3.63, 3.8) is 0 Å². The Balaban J connectivity index is 1.50. The van der Waals surface area contributed by atoms with Gasteiger partial charge in [0.15, 0.2) is 0 Å². The van der Waals surface area contributed by atoms with Crippen molar-refractivity contribution in [1.29, 1.82) is 0 Å². The van der Waals surface area contributed by atoms with Crippen molar-refractivity contribution < 1.29 is 9.53 Å². The minimum atomic E-state index is -0.359. The summed E-state index contributed by atoms with van der Waals surface area (Å²) in [4.78, 5) is 34.0. The molecule has 0 unspecified atom stereocenters. The highest BCUT2D eigenvalue weighted by molar-refractivity contribution is 9.10. The number of hydrogen-bond donors (Lipinski definition) is 1. The van der Waals surface area contributed by atoms with Crippen molar-refractivity contribution in [3.8, 4) is 0 Å². The molecule has 0 atom stereocenters. The summed E-state index contributed by atoms with van der Waals surface area (Å²) in [6, 6.07) is 9.40. The Hall–Kier alpha value is -3.73. The molecule has 1 amide bonds. The van der Waals surface area contributed by atoms with E-state index in [1.165, 1.54) is 0 Å². The summed E-state index contributed by atoms with van der Waals surface area (Å²) in [5.74, 6) is 0.812. The number of rotatable bonds is 6. The molecule has 3 heterocycles. The summed E-state index contributed by atoms with van der Waals surface area (Å²) in [5, 5.41) is 11.9. The number of ether oxygens (including phenoxy) is 1. The Morgan fingerprint density at radius 2 is 2.14 bits per heavy atom. The first kappa shape index (κ1) is 22.7. The number of halogens is 1. The van der Waals surface area contributed by atoms with Crippen LogP contribution in [0, 0.1) is 0 Å². The first-order valence-electron chi connectivity index (χ1n) is 11.7. The normalized spacial score (nSPS) is 15.2. The monoisotopic (exact) mass is 548 g/mol. The first-order valence-corrected chi connectivity index (χ1v) is 12.5. The fourth-order valence-electron chi connectivity index (χ4n) is 4.97. The summed E-state index contributed by atoms with van der Waals surface area (Å²) in [6.45, 7) is 0.441. The smallest absolute Gasteiger partial charge is 0.294 e. The van der Waals surface area contributed by atoms with Gasteiger partial charge in [0, 0.05) is 33.1 Å². The van der Waals surface area contributed by atoms with Crippen LogP contribution in [0.4, 0.5) is 5.69 Å². The number of fused-ring (bicyclic) bond motifs is 4. The van der Waals surface area contributed by atoms with Gasteiger partial charge in [-0.1, -0.05) is 27.5 Å². The van der Waals surface area contributed by atoms with E-state index in [9.17, 15) is 9.59 Å². The number of carbonyl (C=O) groups excluding carboxylic acids is 1. The second kappa shape index (κ2) is 9.05. The second-order valence-electron chi connectivity index (χ2n) is 9.01. The molecule has 12 heteroatoms. The van der Waals surface area contributed by atoms with E-state index in [2.05, 4.69) is 41.1 Å². The number of aromatic nitrogens is 4. The molecule has 2 aliphatic rings. The van der Waals surface area contributed by atoms with E-state index in [1.54, 1.807) is 15.4 Å². The number of carbonyl (C=O) groups is 1. The van der Waals surface area contributed by atoms with Gasteiger partial charge in [-0.05, 0) is 66.3 Å². The number of anilines is 1. The molecule has 2 aromatic heterocycles. The molecule has 1 fully saturated rings. The van der Waals surface area contributed by atoms with Gasteiger partial charge in [-0.2, -0.15) is 0 Å². The Kier molecular flexibility index (Phi) is 5.71. The Labute approximate surface area is 212 Å². The minimum Gasteiger partial charge on any atom is -0.371 e. The predicted molar refractivity (Wildman–Crippen MR) is 136 cm³/mol. The van der Waals surface area contributed by atoms with Crippen molar-refractivity contribution >= 4 is 44.2 Å². The fraction of sp³-hybridized carbons (Fsp3) is 0.333. The zero-order valence-corrected chi connectivity index (χ0v) is 20.7. The SMILES string of the molecule is [N-]=[N+]=NCOCc1cc2c(cc1C(=O)N1CCc3cc(Br)ccc31)[nH]c(=O)c1nnc(C3CCC3)n12. The van der Waals surface area contributed by atoms with Gasteiger partial charge in [-0.3, -0.25) is 14.0 Å². The molecular weight excluding hydrogens is 528 g/mol. The number of nitrogens with one attached hydrogen (secondary N) is 1. The average Bonchev–Trinajstić information content (AvgIpc) is 3.45. The quantitative estimate of drug-likeness (QED) is 0.162. The first-order chi connectivity index (χ1) is 17.5. The number of amides is 1. The molecule has 1 N–H and O–H groups in total. The van der Waals surface area contributed by atoms with Gasteiger partial charge in [0.25, 0.3) is 11.5 Å². The van der Waals surface area contributed by atoms with E-state index in [0.29, 0.717) is 28.7 Å². The summed E-state index contributed by atoms with van der Waals surface area (Å²) >= 11 is 3.49. The molecule has 0 bridgehead atoms. The van der Waals surface area contributed by atoms with Crippen LogP contribution < -0.4 is 10.5 Å². The highest BCUT2D eigenvalue weighted by Crippen LogP contribution is 2.37. The third kappa shape index (κ3) is 3.74. The third-order valence-corrected chi connectivity index (χ3v) is 7.45. The standard InChI is InChI=1S/C24H21BrN8O3/c25-16-4-5-19-14(8-16)6-7-32(19)24(35)17-10-18-20(9-15(17)11-36-12-27-31-26)33-21(13-2-1-3-13)29-30-22(33)23(34)28-18/h4-5,8-10,13H,1-3,6-7,11-12H2,(H,28,34). The molecule has 1 aliphatic heterocycles. The molecule has 6 rings (SSSR count). The van der Waals surface area contributed by atoms with Crippen LogP contribution in [0.25, 0.3) is 27.1 Å². The van der Waals surface area contributed by atoms with Crippen molar-refractivity contribution in [1.82, 2.24) is 19.6 Å². The summed E-state index contributed by atoms with van der Waals surface area (Å²) < 4.78 is 8.33. The molecule has 11 nitrogen and oxygen atoms in total. The maximum Gasteiger partial charge on any atom is 0.294 e. The number of benzene rings is 2. The highest BCUT2D eigenvalue weighted by Gasteiger charge is 2.29. The van der Waals surface area contributed by atoms with Crippen LogP contribution in [0.2, 0.25) is 0 Å². The van der Waals surface area contributed by atoms with Crippen LogP contribution in [-0.4, -0.2) is 38.8 Å². The van der Waals surface area contributed by atoms with Crippen molar-refractivity contribution in [2.24, 2.45) is 5.11 Å². The van der Waals surface area contributed by atoms with Crippen LogP contribution in [0.15, 0.2) is 44.7 Å². The maximum atomic E-state index is 13.8. The second-order valence-corrected chi connectivity index (χ2v) is 9.93. The molecule has 4 aromatic rings. The summed E-state index contributed by atoms with van der Waals surface area (Å²) in [5.41, 5.74) is 12.7. The van der Waals surface area contributed by atoms with E-state index in [0.717, 1.165) is 47.2 Å². The number of azide groups is 1. The summed E-state index contributed by atoms with van der Waals surface area (Å²) in [7, 11) is 0. The Bertz CT molecular complexity index is 1630. The minimum absolute atomic E-state index is 0.0541. The lowest BCUT2D eigenvalue weighted by Crippen LogP contribution is -2.30. The maximum absolute atomic E-state index is 13.8. The van der Waals surface area contributed by atoms with Gasteiger partial charge >= 0.3 is 0 Å². The van der Waals surface area contributed by atoms with Crippen molar-refractivity contribution in [2.75, 3.05) is 18.2 Å². The van der Waals surface area contributed by atoms with Gasteiger partial charge in [0.1, 0.15) is 12.6 Å². The average molecular weight is 549 g/mol. The molecule has 0 saturated heterocycles. The number of H-pyrrole nitrogens is 1. The summed E-state index contributed by atoms with van der Waals surface area (Å²) in [6.07, 6.45) is 3.86. The zero-order valence-electron chi connectivity index (χ0n) is 19.1. The van der Waals surface area contributed by atoms with E-state index in [1.807, 2.05) is 24.3 Å². The predicted octanol–water partition coefficient (Wildman–Crippen LogP) is 4.59. The number of aromatic amines is 1. The van der Waals surface area contributed by atoms with Crippen LogP contribution in [0.1, 0.15) is 52.5 Å². The van der Waals surface area contributed by atoms with Gasteiger partial charge < -0.3 is 14.6 Å². The van der Waals surface area contributed by atoms with Gasteiger partial charge in [0.2, 0.25) is 5.65 Å². The van der Waals surface area contributed by atoms with Gasteiger partial charge in [0.05, 0.1) is 17.6 Å². The molecule has 36 heavy (non-hydrogen) atoms. The van der Waals surface area contributed by atoms with E-state index in [4.69, 9.17) is 10.3 Å². The van der Waals surface area contributed by atoms with Crippen LogP contribution in [-0.2, 0) is 17.8 Å². The van der Waals surface area contributed by atoms with Crippen molar-refractivity contribution in [2.45, 2.75) is 38.2 Å². The topological polar surface area (TPSA) is 141 Å². The van der Waals surface area contributed by atoms with Gasteiger partial charge in [-0.25, -0.2) is 0 Å². The van der Waals surface area contributed by atoms with E-state index >= 15 is 0 Å². The largest absolute Gasteiger partial charge is 0.371 e. The Morgan fingerprint density at radius 1 is 1.28 bits per heavy atom. The van der Waals surface area contributed by atoms with E-state index < -0.39 is 0 Å². The lowest BCUT2D eigenvalue weighted by atomic mass is 9.85. The molecule has 2 aromatic carbocycles. The molecule has 0 radical (unpaired) electrons. The Morgan fingerprint density at radius 3 is 2.92 bits per heavy atom. The molecule has 182 valence electrons. The molecular formula is C24H21BrN8O3. The molecule has 0 spiro atoms. The lowest BCUT2D eigenvalue weighted by Gasteiger charge is -2.24. The number of hydrogen-bond acceptors (Lipinski definition) is 6. The zero-order chi connectivity index (χ0) is 24.8. The lowest BCUT2D eigenvalue weighted by molar-refractivity contribution is 0.0977. The number of nitrogens with zero attached hydrogens (tertiary/aromatic N) is 7. The van der Waals surface area contributed by atoms with Crippen molar-refractivity contribution in [3.05, 3.63) is 78.1 Å². The third-order valence-electron chi connectivity index (χ3n) is 6.95. The molecule has 1 aliphatic carbocycles. The fourth-order valence-corrected chi connectivity index (χ4v) is 5.38.